The SMILES string of the molecule is COc1c(O)cc(C=Cc2cc(O)cc(O)c2)c2c1OC(=O)[C@@]21c2c(O)cc(O)cc2O[C@@H]1c1ccc(O)cc1. The van der Waals surface area contributed by atoms with Crippen LogP contribution in [0.15, 0.2) is 60.7 Å². The highest BCUT2D eigenvalue weighted by atomic mass is 16.6. The molecule has 1 spiro atoms. The number of carbonyl (C=O) groups is 1. The van der Waals surface area contributed by atoms with Crippen LogP contribution in [0.4, 0.5) is 0 Å². The van der Waals surface area contributed by atoms with Crippen LogP contribution >= 0.6 is 0 Å². The van der Waals surface area contributed by atoms with Crippen LogP contribution in [0.2, 0.25) is 0 Å². The standard InChI is InChI=1S/C30H22O10/c1-38-26-22(36)10-16(3-2-14-8-18(32)11-19(33)9-14)24-27(26)40-29(37)30(24)25-21(35)12-20(34)13-23(25)39-28(30)15-4-6-17(31)7-5-15/h2-13,28,31-36H,1H3/t28-,30-/m1/s1. The Hall–Kier alpha value is -5.51. The second kappa shape index (κ2) is 8.77. The molecule has 0 aliphatic carbocycles. The number of hydrogen-bond donors (Lipinski definition) is 6. The van der Waals surface area contributed by atoms with E-state index in [2.05, 4.69) is 0 Å². The van der Waals surface area contributed by atoms with E-state index < -0.39 is 23.2 Å². The van der Waals surface area contributed by atoms with E-state index >= 15 is 0 Å². The molecule has 0 saturated carbocycles. The number of fused-ring (bicyclic) bond motifs is 4. The largest absolute Gasteiger partial charge is 0.508 e. The van der Waals surface area contributed by atoms with Gasteiger partial charge in [-0.2, -0.15) is 0 Å². The molecule has 0 bridgehead atoms. The Morgan fingerprint density at radius 1 is 0.775 bits per heavy atom. The monoisotopic (exact) mass is 542 g/mol. The molecular weight excluding hydrogens is 520 g/mol. The molecule has 2 heterocycles. The first-order valence-electron chi connectivity index (χ1n) is 12.0. The summed E-state index contributed by atoms with van der Waals surface area (Å²) in [5, 5.41) is 61.8. The van der Waals surface area contributed by atoms with Crippen LogP contribution in [0.5, 0.6) is 51.7 Å². The van der Waals surface area contributed by atoms with Crippen LogP contribution in [-0.2, 0) is 10.2 Å². The fourth-order valence-corrected chi connectivity index (χ4v) is 5.51. The predicted octanol–water partition coefficient (Wildman–Crippen LogP) is 4.44. The van der Waals surface area contributed by atoms with Crippen LogP contribution in [-0.4, -0.2) is 43.7 Å². The highest BCUT2D eigenvalue weighted by Gasteiger charge is 2.65. The summed E-state index contributed by atoms with van der Waals surface area (Å²) in [6.45, 7) is 0. The second-order valence-corrected chi connectivity index (χ2v) is 9.46. The number of rotatable bonds is 4. The first-order valence-corrected chi connectivity index (χ1v) is 12.0. The molecule has 0 saturated heterocycles. The summed E-state index contributed by atoms with van der Waals surface area (Å²) in [7, 11) is 1.30. The van der Waals surface area contributed by atoms with Gasteiger partial charge in [0.15, 0.2) is 16.9 Å². The van der Waals surface area contributed by atoms with E-state index in [1.165, 1.54) is 49.6 Å². The molecule has 40 heavy (non-hydrogen) atoms. The third kappa shape index (κ3) is 3.53. The predicted molar refractivity (Wildman–Crippen MR) is 141 cm³/mol. The van der Waals surface area contributed by atoms with Crippen molar-refractivity contribution in [3.8, 4) is 51.7 Å². The van der Waals surface area contributed by atoms with E-state index in [1.54, 1.807) is 24.3 Å². The third-order valence-corrected chi connectivity index (χ3v) is 7.04. The minimum atomic E-state index is -1.85. The molecule has 4 aromatic rings. The fraction of sp³-hybridized carbons (Fsp3) is 0.100. The Balaban J connectivity index is 1.68. The normalized spacial score (nSPS) is 18.9. The van der Waals surface area contributed by atoms with Gasteiger partial charge in [-0.15, -0.1) is 0 Å². The first kappa shape index (κ1) is 24.8. The van der Waals surface area contributed by atoms with Gasteiger partial charge < -0.3 is 44.8 Å². The van der Waals surface area contributed by atoms with Crippen LogP contribution in [0.1, 0.15) is 33.9 Å². The van der Waals surface area contributed by atoms with Crippen molar-refractivity contribution in [3.63, 3.8) is 0 Å². The molecule has 10 nitrogen and oxygen atoms in total. The summed E-state index contributed by atoms with van der Waals surface area (Å²) in [4.78, 5) is 14.0. The highest BCUT2D eigenvalue weighted by Crippen LogP contribution is 2.65. The molecule has 6 rings (SSSR count). The van der Waals surface area contributed by atoms with Crippen molar-refractivity contribution in [1.82, 2.24) is 0 Å². The van der Waals surface area contributed by atoms with Crippen molar-refractivity contribution in [1.29, 1.82) is 0 Å². The Labute approximate surface area is 226 Å². The lowest BCUT2D eigenvalue weighted by Crippen LogP contribution is -2.40. The van der Waals surface area contributed by atoms with Crippen molar-refractivity contribution in [2.24, 2.45) is 0 Å². The van der Waals surface area contributed by atoms with Gasteiger partial charge in [-0.1, -0.05) is 24.3 Å². The van der Waals surface area contributed by atoms with Crippen LogP contribution < -0.4 is 14.2 Å². The van der Waals surface area contributed by atoms with E-state index in [-0.39, 0.29) is 62.7 Å². The lowest BCUT2D eigenvalue weighted by atomic mass is 9.68. The van der Waals surface area contributed by atoms with Gasteiger partial charge in [-0.05, 0) is 47.0 Å². The van der Waals surface area contributed by atoms with E-state index in [9.17, 15) is 35.4 Å². The number of benzene rings is 4. The summed E-state index contributed by atoms with van der Waals surface area (Å²) in [5.74, 6) is -2.46. The van der Waals surface area contributed by atoms with Gasteiger partial charge in [0.1, 0.15) is 40.6 Å². The third-order valence-electron chi connectivity index (χ3n) is 7.04. The number of hydrogen-bond acceptors (Lipinski definition) is 10. The molecule has 0 fully saturated rings. The summed E-state index contributed by atoms with van der Waals surface area (Å²) < 4.78 is 17.4. The number of phenolic OH excluding ortho intramolecular Hbond substituents is 6. The van der Waals surface area contributed by atoms with Gasteiger partial charge in [-0.25, -0.2) is 0 Å². The minimum absolute atomic E-state index is 0.0206. The van der Waals surface area contributed by atoms with Gasteiger partial charge in [0.05, 0.1) is 12.7 Å². The van der Waals surface area contributed by atoms with Gasteiger partial charge in [0, 0.05) is 23.8 Å². The average molecular weight is 542 g/mol. The molecule has 2 atom stereocenters. The van der Waals surface area contributed by atoms with E-state index in [0.29, 0.717) is 11.1 Å². The van der Waals surface area contributed by atoms with Crippen molar-refractivity contribution in [3.05, 3.63) is 88.5 Å². The number of methoxy groups -OCH3 is 1. The van der Waals surface area contributed by atoms with Crippen LogP contribution in [0, 0.1) is 0 Å². The Morgan fingerprint density at radius 2 is 1.45 bits per heavy atom. The number of esters is 1. The summed E-state index contributed by atoms with van der Waals surface area (Å²) in [6.07, 6.45) is 1.94. The first-order chi connectivity index (χ1) is 19.1. The van der Waals surface area contributed by atoms with Gasteiger partial charge in [-0.3, -0.25) is 4.79 Å². The van der Waals surface area contributed by atoms with E-state index in [0.717, 1.165) is 6.07 Å². The van der Waals surface area contributed by atoms with E-state index in [4.69, 9.17) is 14.2 Å². The van der Waals surface area contributed by atoms with Crippen LogP contribution in [0.3, 0.4) is 0 Å². The maximum Gasteiger partial charge on any atom is 0.331 e. The maximum atomic E-state index is 14.0. The van der Waals surface area contributed by atoms with Gasteiger partial charge in [0.25, 0.3) is 0 Å². The molecule has 0 aromatic heterocycles. The number of phenols is 6. The molecule has 202 valence electrons. The minimum Gasteiger partial charge on any atom is -0.508 e. The molecular formula is C30H22O10. The van der Waals surface area contributed by atoms with Crippen molar-refractivity contribution in [2.45, 2.75) is 11.5 Å². The average Bonchev–Trinajstić information content (AvgIpc) is 3.38. The lowest BCUT2D eigenvalue weighted by molar-refractivity contribution is -0.139. The number of aromatic hydroxyl groups is 6. The second-order valence-electron chi connectivity index (χ2n) is 9.46. The van der Waals surface area contributed by atoms with Crippen molar-refractivity contribution >= 4 is 18.1 Å². The van der Waals surface area contributed by atoms with E-state index in [1.807, 2.05) is 0 Å². The van der Waals surface area contributed by atoms with Crippen molar-refractivity contribution < 1.29 is 49.6 Å². The molecule has 6 N–H and O–H groups in total. The zero-order chi connectivity index (χ0) is 28.3. The number of ether oxygens (including phenoxy) is 3. The Morgan fingerprint density at radius 3 is 2.12 bits per heavy atom. The molecule has 0 amide bonds. The molecule has 2 aliphatic rings. The maximum absolute atomic E-state index is 14.0. The molecule has 0 unspecified atom stereocenters. The lowest BCUT2D eigenvalue weighted by Gasteiger charge is -2.29. The van der Waals surface area contributed by atoms with Crippen LogP contribution in [0.25, 0.3) is 12.2 Å². The summed E-state index contributed by atoms with van der Waals surface area (Å²) >= 11 is 0. The van der Waals surface area contributed by atoms with Crippen molar-refractivity contribution in [2.75, 3.05) is 7.11 Å². The Bertz CT molecular complexity index is 1700. The summed E-state index contributed by atoms with van der Waals surface area (Å²) in [5.41, 5.74) is -0.491. The summed E-state index contributed by atoms with van der Waals surface area (Å²) in [6, 6.07) is 13.6. The highest BCUT2D eigenvalue weighted by molar-refractivity contribution is 6.01. The fourth-order valence-electron chi connectivity index (χ4n) is 5.51. The molecule has 4 aromatic carbocycles. The number of carbonyl (C=O) groups excluding carboxylic acids is 1. The molecule has 10 heteroatoms. The zero-order valence-corrected chi connectivity index (χ0v) is 20.8. The van der Waals surface area contributed by atoms with Gasteiger partial charge >= 0.3 is 5.97 Å². The van der Waals surface area contributed by atoms with Gasteiger partial charge in [0.2, 0.25) is 5.75 Å². The molecule has 0 radical (unpaired) electrons. The smallest absolute Gasteiger partial charge is 0.331 e. The Kier molecular flexibility index (Phi) is 5.44. The molecule has 2 aliphatic heterocycles. The zero-order valence-electron chi connectivity index (χ0n) is 20.8. The quantitative estimate of drug-likeness (QED) is 0.123. The topological polar surface area (TPSA) is 166 Å².